The summed E-state index contributed by atoms with van der Waals surface area (Å²) in [6.07, 6.45) is 4.43. The highest BCUT2D eigenvalue weighted by Crippen LogP contribution is 2.39. The lowest BCUT2D eigenvalue weighted by Crippen LogP contribution is -2.32. The molecule has 1 fully saturated rings. The molecule has 1 amide bonds. The molecule has 0 spiro atoms. The van der Waals surface area contributed by atoms with Gasteiger partial charge in [-0.2, -0.15) is 0 Å². The Labute approximate surface area is 170 Å². The molecule has 0 saturated carbocycles. The lowest BCUT2D eigenvalue weighted by atomic mass is 9.85. The molecule has 0 N–H and O–H groups in total. The van der Waals surface area contributed by atoms with Crippen molar-refractivity contribution in [1.82, 2.24) is 15.2 Å². The van der Waals surface area contributed by atoms with Crippen LogP contribution in [0.25, 0.3) is 0 Å². The van der Waals surface area contributed by atoms with Crippen molar-refractivity contribution in [2.45, 2.75) is 51.0 Å². The van der Waals surface area contributed by atoms with E-state index in [0.29, 0.717) is 6.42 Å². The number of aromatic nitrogens is 2. The fourth-order valence-electron chi connectivity index (χ4n) is 5.04. The van der Waals surface area contributed by atoms with Gasteiger partial charge in [-0.1, -0.05) is 58.8 Å². The lowest BCUT2D eigenvalue weighted by Gasteiger charge is -2.27. The highest BCUT2D eigenvalue weighted by atomic mass is 16.6. The zero-order chi connectivity index (χ0) is 19.8. The Hall–Kier alpha value is -2.95. The Morgan fingerprint density at radius 3 is 2.31 bits per heavy atom. The summed E-state index contributed by atoms with van der Waals surface area (Å²) in [5, 5.41) is 8.00. The van der Waals surface area contributed by atoms with Crippen LogP contribution >= 0.6 is 0 Å². The molecule has 29 heavy (non-hydrogen) atoms. The molecule has 5 nitrogen and oxygen atoms in total. The fourth-order valence-corrected chi connectivity index (χ4v) is 5.04. The topological polar surface area (TPSA) is 59.2 Å². The zero-order valence-electron chi connectivity index (χ0n) is 16.7. The van der Waals surface area contributed by atoms with Crippen molar-refractivity contribution >= 4 is 5.91 Å². The Kier molecular flexibility index (Phi) is 4.66. The number of nitrogens with zero attached hydrogens (tertiary/aromatic N) is 3. The van der Waals surface area contributed by atoms with Gasteiger partial charge in [-0.05, 0) is 54.9 Å². The summed E-state index contributed by atoms with van der Waals surface area (Å²) in [5.41, 5.74) is 6.88. The smallest absolute Gasteiger partial charge is 0.224 e. The van der Waals surface area contributed by atoms with E-state index >= 15 is 0 Å². The van der Waals surface area contributed by atoms with Crippen molar-refractivity contribution in [2.24, 2.45) is 0 Å². The number of amides is 1. The number of aryl methyl sites for hydroxylation is 3. The summed E-state index contributed by atoms with van der Waals surface area (Å²) in [6, 6.07) is 17.2. The number of hydrogen-bond acceptors (Lipinski definition) is 4. The Morgan fingerprint density at radius 2 is 1.69 bits per heavy atom. The molecular formula is C24H25N3O2. The Morgan fingerprint density at radius 1 is 1.03 bits per heavy atom. The number of hydrogen-bond donors (Lipinski definition) is 0. The molecule has 0 radical (unpaired) electrons. The number of fused-ring (bicyclic) bond motifs is 2. The number of rotatable bonds is 3. The normalized spacial score (nSPS) is 18.9. The van der Waals surface area contributed by atoms with E-state index in [9.17, 15) is 4.79 Å². The van der Waals surface area contributed by atoms with Crippen molar-refractivity contribution in [3.8, 4) is 0 Å². The molecular weight excluding hydrogens is 362 g/mol. The van der Waals surface area contributed by atoms with Gasteiger partial charge in [0.25, 0.3) is 0 Å². The molecule has 1 atom stereocenters. The predicted molar refractivity (Wildman–Crippen MR) is 109 cm³/mol. The van der Waals surface area contributed by atoms with Crippen LogP contribution < -0.4 is 0 Å². The minimum Gasteiger partial charge on any atom is -0.334 e. The van der Waals surface area contributed by atoms with Crippen LogP contribution in [0.5, 0.6) is 0 Å². The van der Waals surface area contributed by atoms with Crippen molar-refractivity contribution < 1.29 is 9.42 Å². The maximum Gasteiger partial charge on any atom is 0.224 e. The van der Waals surface area contributed by atoms with Gasteiger partial charge in [0, 0.05) is 18.9 Å². The van der Waals surface area contributed by atoms with Crippen LogP contribution in [0.4, 0.5) is 0 Å². The first-order valence-electron chi connectivity index (χ1n) is 10.5. The molecule has 5 rings (SSSR count). The first-order chi connectivity index (χ1) is 14.2. The third-order valence-corrected chi connectivity index (χ3v) is 6.48. The summed E-state index contributed by atoms with van der Waals surface area (Å²) in [6.45, 7) is 2.66. The van der Waals surface area contributed by atoms with Crippen LogP contribution in [0.1, 0.15) is 64.9 Å². The molecule has 5 heteroatoms. The van der Waals surface area contributed by atoms with E-state index in [4.69, 9.17) is 4.63 Å². The van der Waals surface area contributed by atoms with Crippen LogP contribution in [-0.4, -0.2) is 27.7 Å². The highest BCUT2D eigenvalue weighted by Gasteiger charge is 2.35. The highest BCUT2D eigenvalue weighted by molar-refractivity contribution is 5.79. The van der Waals surface area contributed by atoms with E-state index in [1.807, 2.05) is 11.8 Å². The molecule has 148 valence electrons. The van der Waals surface area contributed by atoms with Crippen LogP contribution in [0.15, 0.2) is 53.2 Å². The van der Waals surface area contributed by atoms with Gasteiger partial charge in [-0.3, -0.25) is 4.79 Å². The average molecular weight is 387 g/mol. The van der Waals surface area contributed by atoms with Gasteiger partial charge in [0.15, 0.2) is 0 Å². The maximum absolute atomic E-state index is 13.5. The zero-order valence-corrected chi connectivity index (χ0v) is 16.7. The predicted octanol–water partition coefficient (Wildman–Crippen LogP) is 4.36. The van der Waals surface area contributed by atoms with Gasteiger partial charge in [0.05, 0.1) is 6.04 Å². The van der Waals surface area contributed by atoms with Gasteiger partial charge in [-0.25, -0.2) is 4.63 Å². The van der Waals surface area contributed by atoms with Crippen molar-refractivity contribution in [3.63, 3.8) is 0 Å². The largest absolute Gasteiger partial charge is 0.334 e. The van der Waals surface area contributed by atoms with Crippen LogP contribution in [0.2, 0.25) is 0 Å². The van der Waals surface area contributed by atoms with Crippen molar-refractivity contribution in [3.05, 3.63) is 82.2 Å². The average Bonchev–Trinajstić information content (AvgIpc) is 3.36. The van der Waals surface area contributed by atoms with Gasteiger partial charge in [0.2, 0.25) is 5.91 Å². The Bertz CT molecular complexity index is 994. The van der Waals surface area contributed by atoms with E-state index in [-0.39, 0.29) is 17.9 Å². The minimum atomic E-state index is -0.0231. The number of carbonyl (C=O) groups is 1. The second kappa shape index (κ2) is 7.47. The molecule has 2 heterocycles. The van der Waals surface area contributed by atoms with E-state index in [0.717, 1.165) is 43.6 Å². The van der Waals surface area contributed by atoms with E-state index in [2.05, 4.69) is 58.8 Å². The maximum atomic E-state index is 13.5. The van der Waals surface area contributed by atoms with Gasteiger partial charge in [0.1, 0.15) is 11.4 Å². The second-order valence-electron chi connectivity index (χ2n) is 8.13. The van der Waals surface area contributed by atoms with Crippen molar-refractivity contribution in [1.29, 1.82) is 0 Å². The van der Waals surface area contributed by atoms with E-state index in [1.54, 1.807) is 0 Å². The molecule has 0 unspecified atom stereocenters. The third-order valence-electron chi connectivity index (χ3n) is 6.48. The molecule has 2 aliphatic rings. The molecule has 0 bridgehead atoms. The van der Waals surface area contributed by atoms with E-state index in [1.165, 1.54) is 22.3 Å². The minimum absolute atomic E-state index is 0.0231. The first kappa shape index (κ1) is 18.1. The lowest BCUT2D eigenvalue weighted by molar-refractivity contribution is -0.132. The van der Waals surface area contributed by atoms with Crippen LogP contribution in [-0.2, 0) is 17.6 Å². The van der Waals surface area contributed by atoms with Gasteiger partial charge < -0.3 is 4.90 Å². The first-order valence-corrected chi connectivity index (χ1v) is 10.5. The number of benzene rings is 2. The van der Waals surface area contributed by atoms with Gasteiger partial charge >= 0.3 is 0 Å². The molecule has 2 aromatic carbocycles. The Balaban J connectivity index is 1.48. The number of likely N-dealkylation sites (tertiary alicyclic amines) is 1. The SMILES string of the molecule is Cc1nonc1[C@@H]1CCCN1C(=O)CC1c2ccccc2CCc2ccccc21. The summed E-state index contributed by atoms with van der Waals surface area (Å²) < 4.78 is 4.91. The molecule has 1 saturated heterocycles. The molecule has 1 aromatic heterocycles. The summed E-state index contributed by atoms with van der Waals surface area (Å²) in [4.78, 5) is 15.5. The monoisotopic (exact) mass is 387 g/mol. The van der Waals surface area contributed by atoms with Gasteiger partial charge in [-0.15, -0.1) is 0 Å². The summed E-state index contributed by atoms with van der Waals surface area (Å²) >= 11 is 0. The summed E-state index contributed by atoms with van der Waals surface area (Å²) in [7, 11) is 0. The second-order valence-corrected chi connectivity index (χ2v) is 8.13. The third kappa shape index (κ3) is 3.24. The summed E-state index contributed by atoms with van der Waals surface area (Å²) in [5.74, 6) is 0.279. The van der Waals surface area contributed by atoms with Crippen molar-refractivity contribution in [2.75, 3.05) is 6.54 Å². The van der Waals surface area contributed by atoms with Crippen LogP contribution in [0.3, 0.4) is 0 Å². The standard InChI is InChI=1S/C24H25N3O2/c1-16-24(26-29-25-16)22-11-6-14-27(22)23(28)15-21-19-9-4-2-7-17(19)12-13-18-8-3-5-10-20(18)21/h2-5,7-10,21-22H,6,11-15H2,1H3/t22-/m0/s1. The number of carbonyl (C=O) groups excluding carboxylic acids is 1. The van der Waals surface area contributed by atoms with E-state index < -0.39 is 0 Å². The molecule has 1 aliphatic carbocycles. The molecule has 1 aliphatic heterocycles. The molecule has 3 aromatic rings. The fraction of sp³-hybridized carbons (Fsp3) is 0.375. The quantitative estimate of drug-likeness (QED) is 0.670. The van der Waals surface area contributed by atoms with Crippen LogP contribution in [0, 0.1) is 6.92 Å².